The number of piperidine rings is 1. The summed E-state index contributed by atoms with van der Waals surface area (Å²) in [4.78, 5) is 11.8. The van der Waals surface area contributed by atoms with Gasteiger partial charge in [0.05, 0.1) is 6.54 Å². The zero-order chi connectivity index (χ0) is 14.4. The average molecular weight is 281 g/mol. The van der Waals surface area contributed by atoms with E-state index in [2.05, 4.69) is 33.7 Å². The third-order valence-electron chi connectivity index (χ3n) is 4.48. The maximum Gasteiger partial charge on any atom is 0.191 e. The zero-order valence-electron chi connectivity index (χ0n) is 13.2. The van der Waals surface area contributed by atoms with Gasteiger partial charge in [0, 0.05) is 32.7 Å². The molecule has 0 bridgehead atoms. The van der Waals surface area contributed by atoms with Gasteiger partial charge in [0.2, 0.25) is 0 Å². The second-order valence-electron chi connectivity index (χ2n) is 6.43. The fourth-order valence-corrected chi connectivity index (χ4v) is 3.13. The molecule has 0 radical (unpaired) electrons. The minimum Gasteiger partial charge on any atom is -0.370 e. The predicted octanol–water partition coefficient (Wildman–Crippen LogP) is 0.671. The molecule has 0 aromatic rings. The summed E-state index contributed by atoms with van der Waals surface area (Å²) in [6.07, 6.45) is 3.83. The molecule has 0 aromatic heterocycles. The summed E-state index contributed by atoms with van der Waals surface area (Å²) in [5.41, 5.74) is 6.13. The number of hydrogen-bond acceptors (Lipinski definition) is 3. The first-order valence-corrected chi connectivity index (χ1v) is 8.11. The molecule has 2 saturated heterocycles. The molecule has 5 nitrogen and oxygen atoms in total. The molecule has 0 saturated carbocycles. The van der Waals surface area contributed by atoms with Crippen LogP contribution in [0.4, 0.5) is 0 Å². The Labute approximate surface area is 123 Å². The molecule has 116 valence electrons. The van der Waals surface area contributed by atoms with Crippen LogP contribution in [0.1, 0.15) is 26.2 Å². The van der Waals surface area contributed by atoms with Crippen molar-refractivity contribution >= 4 is 5.96 Å². The topological polar surface area (TPSA) is 48.1 Å². The number of hydrogen-bond donors (Lipinski definition) is 1. The number of likely N-dealkylation sites (N-methyl/N-ethyl adjacent to an activating group) is 1. The molecule has 1 atom stereocenters. The predicted molar refractivity (Wildman–Crippen MR) is 85.0 cm³/mol. The van der Waals surface area contributed by atoms with E-state index in [1.54, 1.807) is 0 Å². The number of rotatable bonds is 3. The average Bonchev–Trinajstić information content (AvgIpc) is 2.64. The van der Waals surface area contributed by atoms with Gasteiger partial charge in [-0.2, -0.15) is 0 Å². The van der Waals surface area contributed by atoms with E-state index in [9.17, 15) is 0 Å². The van der Waals surface area contributed by atoms with E-state index < -0.39 is 0 Å². The summed E-state index contributed by atoms with van der Waals surface area (Å²) >= 11 is 0. The lowest BCUT2D eigenvalue weighted by Crippen LogP contribution is -2.43. The molecule has 1 unspecified atom stereocenters. The third kappa shape index (κ3) is 4.94. The summed E-state index contributed by atoms with van der Waals surface area (Å²) in [6, 6.07) is 0. The first-order valence-electron chi connectivity index (χ1n) is 8.11. The van der Waals surface area contributed by atoms with Gasteiger partial charge >= 0.3 is 0 Å². The maximum atomic E-state index is 6.13. The van der Waals surface area contributed by atoms with E-state index in [1.807, 2.05) is 0 Å². The first kappa shape index (κ1) is 15.6. The molecular formula is C15H31N5. The van der Waals surface area contributed by atoms with Gasteiger partial charge in [-0.05, 0) is 45.3 Å². The van der Waals surface area contributed by atoms with Crippen molar-refractivity contribution in [3.8, 4) is 0 Å². The highest BCUT2D eigenvalue weighted by Crippen LogP contribution is 2.14. The Kier molecular flexibility index (Phi) is 6.10. The minimum atomic E-state index is 0.749. The Balaban J connectivity index is 1.71. The highest BCUT2D eigenvalue weighted by Gasteiger charge is 2.17. The van der Waals surface area contributed by atoms with E-state index >= 15 is 0 Å². The summed E-state index contributed by atoms with van der Waals surface area (Å²) in [5.74, 6) is 1.50. The van der Waals surface area contributed by atoms with E-state index in [4.69, 9.17) is 5.73 Å². The second-order valence-corrected chi connectivity index (χ2v) is 6.43. The summed E-state index contributed by atoms with van der Waals surface area (Å²) < 4.78 is 0. The molecular weight excluding hydrogens is 250 g/mol. The van der Waals surface area contributed by atoms with E-state index in [0.717, 1.165) is 44.6 Å². The molecule has 20 heavy (non-hydrogen) atoms. The van der Waals surface area contributed by atoms with Gasteiger partial charge in [-0.15, -0.1) is 0 Å². The van der Waals surface area contributed by atoms with Gasteiger partial charge in [0.1, 0.15) is 0 Å². The number of aliphatic imine (C=N–C) groups is 1. The molecule has 2 fully saturated rings. The van der Waals surface area contributed by atoms with Crippen LogP contribution in [-0.4, -0.2) is 80.1 Å². The van der Waals surface area contributed by atoms with Crippen LogP contribution < -0.4 is 5.73 Å². The Morgan fingerprint density at radius 2 is 2.00 bits per heavy atom. The molecule has 5 heteroatoms. The van der Waals surface area contributed by atoms with Gasteiger partial charge in [0.15, 0.2) is 5.96 Å². The number of guanidine groups is 1. The molecule has 0 aliphatic carbocycles. The Morgan fingerprint density at radius 1 is 1.15 bits per heavy atom. The van der Waals surface area contributed by atoms with Crippen LogP contribution in [0, 0.1) is 5.92 Å². The van der Waals surface area contributed by atoms with Crippen LogP contribution in [-0.2, 0) is 0 Å². The lowest BCUT2D eigenvalue weighted by Gasteiger charge is -2.31. The first-order chi connectivity index (χ1) is 9.65. The van der Waals surface area contributed by atoms with Crippen LogP contribution >= 0.6 is 0 Å². The van der Waals surface area contributed by atoms with Crippen molar-refractivity contribution in [2.75, 3.05) is 59.4 Å². The van der Waals surface area contributed by atoms with Gasteiger partial charge < -0.3 is 20.4 Å². The van der Waals surface area contributed by atoms with E-state index in [1.165, 1.54) is 38.9 Å². The normalized spacial score (nSPS) is 27.6. The van der Waals surface area contributed by atoms with Crippen LogP contribution in [0.25, 0.3) is 0 Å². The minimum absolute atomic E-state index is 0.749. The summed E-state index contributed by atoms with van der Waals surface area (Å²) in [6.45, 7) is 11.1. The molecule has 2 aliphatic rings. The Morgan fingerprint density at radius 3 is 2.80 bits per heavy atom. The summed E-state index contributed by atoms with van der Waals surface area (Å²) in [7, 11) is 2.21. The molecule has 0 amide bonds. The molecule has 2 aliphatic heterocycles. The van der Waals surface area contributed by atoms with Gasteiger partial charge in [-0.25, -0.2) is 0 Å². The molecule has 2 N–H and O–H groups in total. The van der Waals surface area contributed by atoms with Crippen molar-refractivity contribution in [2.45, 2.75) is 26.2 Å². The van der Waals surface area contributed by atoms with Crippen molar-refractivity contribution in [3.63, 3.8) is 0 Å². The van der Waals surface area contributed by atoms with Crippen molar-refractivity contribution in [2.24, 2.45) is 16.6 Å². The maximum absolute atomic E-state index is 6.13. The number of nitrogens with two attached hydrogens (primary N) is 1. The second kappa shape index (κ2) is 7.84. The smallest absolute Gasteiger partial charge is 0.191 e. The van der Waals surface area contributed by atoms with E-state index in [0.29, 0.717) is 0 Å². The number of likely N-dealkylation sites (tertiary alicyclic amines) is 1. The lowest BCUT2D eigenvalue weighted by atomic mass is 10.0. The Hall–Kier alpha value is -0.810. The van der Waals surface area contributed by atoms with Gasteiger partial charge in [-0.1, -0.05) is 6.92 Å². The monoisotopic (exact) mass is 281 g/mol. The SMILES string of the molecule is CC1CCCN(C(N)=NCCN2CCCN(C)CC2)C1. The molecule has 2 heterocycles. The quantitative estimate of drug-likeness (QED) is 0.610. The lowest BCUT2D eigenvalue weighted by molar-refractivity contribution is 0.267. The zero-order valence-corrected chi connectivity index (χ0v) is 13.2. The highest BCUT2D eigenvalue weighted by atomic mass is 15.3. The fourth-order valence-electron chi connectivity index (χ4n) is 3.13. The van der Waals surface area contributed by atoms with Gasteiger partial charge in [-0.3, -0.25) is 4.99 Å². The van der Waals surface area contributed by atoms with E-state index in [-0.39, 0.29) is 0 Å². The largest absolute Gasteiger partial charge is 0.370 e. The van der Waals surface area contributed by atoms with Crippen molar-refractivity contribution in [3.05, 3.63) is 0 Å². The van der Waals surface area contributed by atoms with Crippen LogP contribution in [0.2, 0.25) is 0 Å². The highest BCUT2D eigenvalue weighted by molar-refractivity contribution is 5.78. The van der Waals surface area contributed by atoms with Crippen LogP contribution in [0.5, 0.6) is 0 Å². The van der Waals surface area contributed by atoms with Gasteiger partial charge in [0.25, 0.3) is 0 Å². The fraction of sp³-hybridized carbons (Fsp3) is 0.933. The molecule has 0 aromatic carbocycles. The standard InChI is InChI=1S/C15H31N5/c1-14-5-3-9-20(13-14)15(16)17-6-10-19-8-4-7-18(2)11-12-19/h14H,3-13H2,1-2H3,(H2,16,17). The van der Waals surface area contributed by atoms with Crippen molar-refractivity contribution in [1.29, 1.82) is 0 Å². The molecule has 0 spiro atoms. The van der Waals surface area contributed by atoms with Crippen molar-refractivity contribution < 1.29 is 0 Å². The van der Waals surface area contributed by atoms with Crippen LogP contribution in [0.3, 0.4) is 0 Å². The number of nitrogens with zero attached hydrogens (tertiary/aromatic N) is 4. The molecule has 2 rings (SSSR count). The Bertz CT molecular complexity index is 317. The third-order valence-corrected chi connectivity index (χ3v) is 4.48. The van der Waals surface area contributed by atoms with Crippen molar-refractivity contribution in [1.82, 2.24) is 14.7 Å². The van der Waals surface area contributed by atoms with Crippen LogP contribution in [0.15, 0.2) is 4.99 Å². The summed E-state index contributed by atoms with van der Waals surface area (Å²) in [5, 5.41) is 0.